The van der Waals surface area contributed by atoms with E-state index in [0.717, 1.165) is 17.7 Å². The molecule has 4 rings (SSSR count). The standard InChI is InChI=1S/C19H19N3O4/c23-18(20-12-16-10-13-4-1-2-7-17(13)26-16)21-14-5-3-6-15(11-14)22-8-9-25-19(22)24/h1-7,11,16H,8-10,12H2,(H2,20,21,23)/t16-/m1/s1. The summed E-state index contributed by atoms with van der Waals surface area (Å²) in [5.74, 6) is 0.880. The van der Waals surface area contributed by atoms with Gasteiger partial charge in [-0.05, 0) is 29.8 Å². The number of rotatable bonds is 4. The first-order valence-electron chi connectivity index (χ1n) is 8.53. The lowest BCUT2D eigenvalue weighted by atomic mass is 10.1. The van der Waals surface area contributed by atoms with Crippen molar-refractivity contribution < 1.29 is 19.1 Å². The summed E-state index contributed by atoms with van der Waals surface area (Å²) in [6.07, 6.45) is 0.344. The maximum absolute atomic E-state index is 12.2. The first kappa shape index (κ1) is 16.3. The Hall–Kier alpha value is -3.22. The Kier molecular flexibility index (Phi) is 4.35. The van der Waals surface area contributed by atoms with Crippen molar-refractivity contribution in [1.82, 2.24) is 5.32 Å². The lowest BCUT2D eigenvalue weighted by molar-refractivity contribution is 0.181. The van der Waals surface area contributed by atoms with E-state index in [1.807, 2.05) is 24.3 Å². The number of ether oxygens (including phenoxy) is 2. The van der Waals surface area contributed by atoms with Crippen LogP contribution < -0.4 is 20.3 Å². The van der Waals surface area contributed by atoms with Gasteiger partial charge in [0.25, 0.3) is 0 Å². The van der Waals surface area contributed by atoms with Crippen LogP contribution in [0.3, 0.4) is 0 Å². The maximum atomic E-state index is 12.2. The molecule has 2 aliphatic rings. The van der Waals surface area contributed by atoms with Crippen LogP contribution in [0.1, 0.15) is 5.56 Å². The largest absolute Gasteiger partial charge is 0.488 e. The molecule has 2 aliphatic heterocycles. The van der Waals surface area contributed by atoms with E-state index in [4.69, 9.17) is 9.47 Å². The second-order valence-corrected chi connectivity index (χ2v) is 6.20. The van der Waals surface area contributed by atoms with Gasteiger partial charge in [0.05, 0.1) is 13.1 Å². The van der Waals surface area contributed by atoms with Crippen LogP contribution in [0.25, 0.3) is 0 Å². The third-order valence-corrected chi connectivity index (χ3v) is 4.38. The third kappa shape index (κ3) is 3.42. The van der Waals surface area contributed by atoms with Crippen molar-refractivity contribution in [2.24, 2.45) is 0 Å². The van der Waals surface area contributed by atoms with Crippen LogP contribution in [-0.4, -0.2) is 37.9 Å². The molecule has 0 bridgehead atoms. The summed E-state index contributed by atoms with van der Waals surface area (Å²) in [4.78, 5) is 25.3. The van der Waals surface area contributed by atoms with Gasteiger partial charge in [-0.25, -0.2) is 9.59 Å². The highest BCUT2D eigenvalue weighted by molar-refractivity contribution is 5.93. The molecular weight excluding hydrogens is 334 g/mol. The molecule has 0 saturated carbocycles. The van der Waals surface area contributed by atoms with E-state index in [1.165, 1.54) is 4.90 Å². The van der Waals surface area contributed by atoms with Crippen LogP contribution in [0.15, 0.2) is 48.5 Å². The molecule has 1 fully saturated rings. The Bertz CT molecular complexity index is 814. The van der Waals surface area contributed by atoms with Crippen molar-refractivity contribution in [2.75, 3.05) is 29.9 Å². The Balaban J connectivity index is 1.31. The highest BCUT2D eigenvalue weighted by atomic mass is 16.6. The summed E-state index contributed by atoms with van der Waals surface area (Å²) in [6.45, 7) is 1.30. The monoisotopic (exact) mass is 353 g/mol. The van der Waals surface area contributed by atoms with E-state index in [2.05, 4.69) is 10.6 Å². The molecule has 3 amide bonds. The van der Waals surface area contributed by atoms with Gasteiger partial charge in [0.15, 0.2) is 0 Å². The normalized spacial score (nSPS) is 18.1. The number of fused-ring (bicyclic) bond motifs is 1. The van der Waals surface area contributed by atoms with E-state index < -0.39 is 0 Å². The van der Waals surface area contributed by atoms with Crippen molar-refractivity contribution in [1.29, 1.82) is 0 Å². The van der Waals surface area contributed by atoms with E-state index >= 15 is 0 Å². The van der Waals surface area contributed by atoms with Gasteiger partial charge in [0, 0.05) is 17.8 Å². The summed E-state index contributed by atoms with van der Waals surface area (Å²) >= 11 is 0. The number of benzene rings is 2. The quantitative estimate of drug-likeness (QED) is 0.886. The van der Waals surface area contributed by atoms with Crippen LogP contribution >= 0.6 is 0 Å². The summed E-state index contributed by atoms with van der Waals surface area (Å²) in [6, 6.07) is 14.7. The zero-order chi connectivity index (χ0) is 17.9. The molecular formula is C19H19N3O4. The second-order valence-electron chi connectivity index (χ2n) is 6.20. The topological polar surface area (TPSA) is 79.9 Å². The fourth-order valence-electron chi connectivity index (χ4n) is 3.13. The molecule has 2 N–H and O–H groups in total. The number of carbonyl (C=O) groups excluding carboxylic acids is 2. The molecule has 1 saturated heterocycles. The molecule has 0 spiro atoms. The lowest BCUT2D eigenvalue weighted by Crippen LogP contribution is -2.37. The van der Waals surface area contributed by atoms with Crippen molar-refractivity contribution in [3.05, 3.63) is 54.1 Å². The van der Waals surface area contributed by atoms with E-state index in [9.17, 15) is 9.59 Å². The van der Waals surface area contributed by atoms with Crippen LogP contribution in [0.2, 0.25) is 0 Å². The number of hydrogen-bond donors (Lipinski definition) is 2. The fourth-order valence-corrected chi connectivity index (χ4v) is 3.13. The molecule has 0 aliphatic carbocycles. The zero-order valence-corrected chi connectivity index (χ0v) is 14.1. The minimum Gasteiger partial charge on any atom is -0.488 e. The molecule has 134 valence electrons. The van der Waals surface area contributed by atoms with Crippen LogP contribution in [-0.2, 0) is 11.2 Å². The maximum Gasteiger partial charge on any atom is 0.414 e. The molecule has 2 heterocycles. The van der Waals surface area contributed by atoms with Crippen molar-refractivity contribution in [3.8, 4) is 5.75 Å². The number of nitrogens with one attached hydrogen (secondary N) is 2. The zero-order valence-electron chi connectivity index (χ0n) is 14.1. The molecule has 7 heteroatoms. The average molecular weight is 353 g/mol. The second kappa shape index (κ2) is 6.95. The number of anilines is 2. The van der Waals surface area contributed by atoms with Gasteiger partial charge in [-0.1, -0.05) is 24.3 Å². The average Bonchev–Trinajstić information content (AvgIpc) is 3.25. The van der Waals surface area contributed by atoms with Gasteiger partial charge in [-0.2, -0.15) is 0 Å². The Labute approximate surface area is 150 Å². The smallest absolute Gasteiger partial charge is 0.414 e. The highest BCUT2D eigenvalue weighted by Gasteiger charge is 2.24. The van der Waals surface area contributed by atoms with Crippen molar-refractivity contribution in [3.63, 3.8) is 0 Å². The minimum atomic E-state index is -0.371. The predicted molar refractivity (Wildman–Crippen MR) is 96.7 cm³/mol. The molecule has 26 heavy (non-hydrogen) atoms. The van der Waals surface area contributed by atoms with Crippen molar-refractivity contribution >= 4 is 23.5 Å². The molecule has 0 radical (unpaired) electrons. The first-order valence-corrected chi connectivity index (χ1v) is 8.53. The summed E-state index contributed by atoms with van der Waals surface area (Å²) in [5, 5.41) is 5.61. The Morgan fingerprint density at radius 1 is 1.19 bits per heavy atom. The number of carbonyl (C=O) groups is 2. The number of hydrogen-bond acceptors (Lipinski definition) is 4. The third-order valence-electron chi connectivity index (χ3n) is 4.38. The van der Waals surface area contributed by atoms with E-state index in [0.29, 0.717) is 31.1 Å². The fraction of sp³-hybridized carbons (Fsp3) is 0.263. The molecule has 0 aromatic heterocycles. The summed E-state index contributed by atoms with van der Waals surface area (Å²) < 4.78 is 10.7. The van der Waals surface area contributed by atoms with Crippen LogP contribution in [0.4, 0.5) is 21.0 Å². The SMILES string of the molecule is O=C(NC[C@H]1Cc2ccccc2O1)Nc1cccc(N2CCOC2=O)c1. The van der Waals surface area contributed by atoms with Gasteiger partial charge in [0.2, 0.25) is 0 Å². The van der Waals surface area contributed by atoms with Crippen molar-refractivity contribution in [2.45, 2.75) is 12.5 Å². The number of para-hydroxylation sites is 1. The van der Waals surface area contributed by atoms with Crippen LogP contribution in [0, 0.1) is 0 Å². The molecule has 7 nitrogen and oxygen atoms in total. The number of urea groups is 1. The molecule has 2 aromatic rings. The predicted octanol–water partition coefficient (Wildman–Crippen LogP) is 2.77. The first-order chi connectivity index (χ1) is 12.7. The van der Waals surface area contributed by atoms with Gasteiger partial charge in [-0.3, -0.25) is 4.90 Å². The molecule has 0 unspecified atom stereocenters. The van der Waals surface area contributed by atoms with Gasteiger partial charge >= 0.3 is 12.1 Å². The lowest BCUT2D eigenvalue weighted by Gasteiger charge is -2.15. The minimum absolute atomic E-state index is 0.0659. The molecule has 1 atom stereocenters. The summed E-state index contributed by atoms with van der Waals surface area (Å²) in [7, 11) is 0. The van der Waals surface area contributed by atoms with E-state index in [-0.39, 0.29) is 18.2 Å². The highest BCUT2D eigenvalue weighted by Crippen LogP contribution is 2.27. The number of amides is 3. The number of nitrogens with zero attached hydrogens (tertiary/aromatic N) is 1. The Morgan fingerprint density at radius 3 is 2.88 bits per heavy atom. The van der Waals surface area contributed by atoms with Gasteiger partial charge in [0.1, 0.15) is 18.5 Å². The molecule has 2 aromatic carbocycles. The Morgan fingerprint density at radius 2 is 2.08 bits per heavy atom. The van der Waals surface area contributed by atoms with Crippen LogP contribution in [0.5, 0.6) is 5.75 Å². The summed E-state index contributed by atoms with van der Waals surface area (Å²) in [5.41, 5.74) is 2.46. The van der Waals surface area contributed by atoms with Gasteiger partial charge in [-0.15, -0.1) is 0 Å². The number of cyclic esters (lactones) is 1. The van der Waals surface area contributed by atoms with Gasteiger partial charge < -0.3 is 20.1 Å². The van der Waals surface area contributed by atoms with E-state index in [1.54, 1.807) is 24.3 Å².